The van der Waals surface area contributed by atoms with E-state index in [0.717, 1.165) is 80.7 Å². The number of anilines is 3. The van der Waals surface area contributed by atoms with Crippen molar-refractivity contribution in [1.82, 2.24) is 30.6 Å². The summed E-state index contributed by atoms with van der Waals surface area (Å²) in [5.74, 6) is -0.217. The fourth-order valence-electron chi connectivity index (χ4n) is 9.02. The lowest BCUT2D eigenvalue weighted by molar-refractivity contribution is -0.136. The Labute approximate surface area is 301 Å². The number of phenols is 1. The van der Waals surface area contributed by atoms with Gasteiger partial charge < -0.3 is 25.5 Å². The number of carbonyl (C=O) groups excluding carboxylic acids is 4. The van der Waals surface area contributed by atoms with E-state index >= 15 is 0 Å². The number of benzene rings is 2. The van der Waals surface area contributed by atoms with Crippen molar-refractivity contribution in [3.8, 4) is 17.0 Å². The summed E-state index contributed by atoms with van der Waals surface area (Å²) in [5.41, 5.74) is 3.97. The van der Waals surface area contributed by atoms with Crippen LogP contribution in [0.5, 0.6) is 5.75 Å². The molecule has 3 saturated heterocycles. The van der Waals surface area contributed by atoms with Crippen LogP contribution in [0.15, 0.2) is 48.5 Å². The smallest absolute Gasteiger partial charge is 0.262 e. The van der Waals surface area contributed by atoms with E-state index < -0.39 is 23.8 Å². The van der Waals surface area contributed by atoms with Gasteiger partial charge in [-0.3, -0.25) is 34.3 Å². The first kappa shape index (κ1) is 32.8. The first-order valence-corrected chi connectivity index (χ1v) is 18.5. The first-order valence-electron chi connectivity index (χ1n) is 18.5. The molecule has 52 heavy (non-hydrogen) atoms. The number of carbonyl (C=O) groups is 4. The zero-order chi connectivity index (χ0) is 35.5. The van der Waals surface area contributed by atoms with Crippen LogP contribution >= 0.6 is 0 Å². The summed E-state index contributed by atoms with van der Waals surface area (Å²) in [7, 11) is 0. The fourth-order valence-corrected chi connectivity index (χ4v) is 9.02. The minimum atomic E-state index is -0.957. The molecule has 4 N–H and O–H groups in total. The molecular weight excluding hydrogens is 662 g/mol. The third-order valence-corrected chi connectivity index (χ3v) is 11.8. The molecule has 270 valence electrons. The number of hydrogen-bond acceptors (Lipinski definition) is 12. The lowest BCUT2D eigenvalue weighted by Gasteiger charge is -2.48. The topological polar surface area (TPSA) is 163 Å². The van der Waals surface area contributed by atoms with Crippen molar-refractivity contribution in [1.29, 1.82) is 0 Å². The van der Waals surface area contributed by atoms with E-state index in [9.17, 15) is 24.3 Å². The molecule has 4 fully saturated rings. The van der Waals surface area contributed by atoms with E-state index in [4.69, 9.17) is 0 Å². The van der Waals surface area contributed by atoms with Crippen molar-refractivity contribution in [3.05, 3.63) is 59.7 Å². The van der Waals surface area contributed by atoms with Crippen LogP contribution < -0.4 is 25.8 Å². The third kappa shape index (κ3) is 5.93. The van der Waals surface area contributed by atoms with Gasteiger partial charge in [0.05, 0.1) is 28.6 Å². The van der Waals surface area contributed by atoms with Crippen LogP contribution in [0.3, 0.4) is 0 Å². The number of imide groups is 2. The summed E-state index contributed by atoms with van der Waals surface area (Å²) in [5, 5.41) is 28.8. The number of hydrogen-bond donors (Lipinski definition) is 4. The normalized spacial score (nSPS) is 26.3. The van der Waals surface area contributed by atoms with E-state index in [1.54, 1.807) is 18.2 Å². The molecule has 0 radical (unpaired) electrons. The number of nitrogens with zero attached hydrogens (tertiary/aromatic N) is 6. The average Bonchev–Trinajstić information content (AvgIpc) is 3.39. The van der Waals surface area contributed by atoms with Crippen molar-refractivity contribution in [2.75, 3.05) is 60.9 Å². The number of nitrogens with one attached hydrogen (secondary N) is 3. The second-order valence-corrected chi connectivity index (χ2v) is 15.1. The zero-order valence-corrected chi connectivity index (χ0v) is 29.0. The van der Waals surface area contributed by atoms with Crippen LogP contribution in [0.4, 0.5) is 17.2 Å². The second-order valence-electron chi connectivity index (χ2n) is 15.1. The number of fused-ring (bicyclic) bond motifs is 4. The highest BCUT2D eigenvalue weighted by molar-refractivity contribution is 6.23. The van der Waals surface area contributed by atoms with Crippen LogP contribution in [-0.2, 0) is 9.59 Å². The number of para-hydroxylation sites is 1. The average molecular weight is 706 g/mol. The number of aromatic hydroxyl groups is 1. The van der Waals surface area contributed by atoms with Gasteiger partial charge in [0, 0.05) is 75.6 Å². The van der Waals surface area contributed by atoms with Crippen LogP contribution in [0.25, 0.3) is 11.3 Å². The minimum absolute atomic E-state index is 0.104. The van der Waals surface area contributed by atoms with Gasteiger partial charge in [-0.1, -0.05) is 12.1 Å². The van der Waals surface area contributed by atoms with Crippen LogP contribution in [-0.4, -0.2) is 119 Å². The van der Waals surface area contributed by atoms with Crippen LogP contribution in [0.1, 0.15) is 59.2 Å². The van der Waals surface area contributed by atoms with Gasteiger partial charge in [-0.05, 0) is 74.4 Å². The Bertz CT molecular complexity index is 1940. The number of piperazine rings is 1. The molecule has 9 rings (SSSR count). The standard InChI is InChI=1S/C38H43N9O5/c48-33-4-2-1-3-28(33)30-18-32-35(43-42-30)39-19-26-21-44(13-14-46(26)32)20-22-15-24(16-22)40-23-9-11-45(12-10-23)25-5-6-27-29(17-25)38(52)47(37(27)51)31-7-8-34(49)41-36(31)50/h1-6,17-18,22-24,26,31,40,48H,7-16,19-21H2,(H,39,43)(H,41,49,50)/t22-,24-,26-,31?/m0/s1. The van der Waals surface area contributed by atoms with Crippen molar-refractivity contribution in [3.63, 3.8) is 0 Å². The summed E-state index contributed by atoms with van der Waals surface area (Å²) in [6, 6.07) is 15.1. The van der Waals surface area contributed by atoms with E-state index in [2.05, 4.69) is 40.8 Å². The molecule has 5 aliphatic heterocycles. The molecule has 14 nitrogen and oxygen atoms in total. The summed E-state index contributed by atoms with van der Waals surface area (Å²) < 4.78 is 0. The van der Waals surface area contributed by atoms with Crippen molar-refractivity contribution in [2.24, 2.45) is 5.92 Å². The lowest BCUT2D eigenvalue weighted by atomic mass is 9.79. The van der Waals surface area contributed by atoms with E-state index in [-0.39, 0.29) is 24.5 Å². The second kappa shape index (κ2) is 13.2. The van der Waals surface area contributed by atoms with Gasteiger partial charge in [-0.15, -0.1) is 10.2 Å². The molecule has 6 aliphatic rings. The third-order valence-electron chi connectivity index (χ3n) is 11.8. The minimum Gasteiger partial charge on any atom is -0.507 e. The summed E-state index contributed by atoms with van der Waals surface area (Å²) in [6.07, 6.45) is 4.64. The molecule has 6 heterocycles. The Hall–Kier alpha value is -5.08. The van der Waals surface area contributed by atoms with Gasteiger partial charge in [0.2, 0.25) is 11.8 Å². The number of piperidine rings is 2. The zero-order valence-electron chi connectivity index (χ0n) is 29.0. The van der Waals surface area contributed by atoms with Crippen molar-refractivity contribution < 1.29 is 24.3 Å². The summed E-state index contributed by atoms with van der Waals surface area (Å²) in [6.45, 7) is 6.61. The van der Waals surface area contributed by atoms with Crippen LogP contribution in [0.2, 0.25) is 0 Å². The Morgan fingerprint density at radius 3 is 2.46 bits per heavy atom. The highest BCUT2D eigenvalue weighted by Crippen LogP contribution is 2.37. The molecule has 2 atom stereocenters. The van der Waals surface area contributed by atoms with E-state index in [1.165, 1.54) is 12.8 Å². The molecule has 2 aromatic carbocycles. The maximum Gasteiger partial charge on any atom is 0.262 e. The largest absolute Gasteiger partial charge is 0.507 e. The quantitative estimate of drug-likeness (QED) is 0.266. The van der Waals surface area contributed by atoms with Gasteiger partial charge in [-0.2, -0.15) is 0 Å². The molecule has 14 heteroatoms. The van der Waals surface area contributed by atoms with Gasteiger partial charge in [0.15, 0.2) is 5.82 Å². The van der Waals surface area contributed by atoms with Gasteiger partial charge in [0.1, 0.15) is 11.8 Å². The molecule has 0 bridgehead atoms. The number of phenolic OH excluding ortho intramolecular Hbond substituents is 1. The molecule has 0 spiro atoms. The molecule has 3 aromatic rings. The maximum absolute atomic E-state index is 13.3. The highest BCUT2D eigenvalue weighted by atomic mass is 16.3. The van der Waals surface area contributed by atoms with Crippen molar-refractivity contribution >= 4 is 40.8 Å². The SMILES string of the molecule is O=C1CCC(N2C(=O)c3ccc(N4CCC(N[C@H]5C[C@H](CN6CCN7c8cc(-c9ccccc9O)nnc8NC[C@H]7C6)C5)CC4)cc3C2=O)C(=O)N1. The maximum atomic E-state index is 13.3. The van der Waals surface area contributed by atoms with E-state index in [0.29, 0.717) is 46.4 Å². The fraction of sp³-hybridized carbons (Fsp3) is 0.474. The number of aromatic nitrogens is 2. The lowest BCUT2D eigenvalue weighted by Crippen LogP contribution is -2.59. The summed E-state index contributed by atoms with van der Waals surface area (Å²) in [4.78, 5) is 58.8. The molecular formula is C38H43N9O5. The molecule has 1 aliphatic carbocycles. The summed E-state index contributed by atoms with van der Waals surface area (Å²) >= 11 is 0. The number of rotatable bonds is 7. The van der Waals surface area contributed by atoms with E-state index in [1.807, 2.05) is 30.3 Å². The predicted molar refractivity (Wildman–Crippen MR) is 193 cm³/mol. The van der Waals surface area contributed by atoms with Crippen molar-refractivity contribution in [2.45, 2.75) is 62.7 Å². The molecule has 1 unspecified atom stereocenters. The Morgan fingerprint density at radius 2 is 1.65 bits per heavy atom. The van der Waals surface area contributed by atoms with Gasteiger partial charge in [0.25, 0.3) is 11.8 Å². The number of amides is 4. The highest BCUT2D eigenvalue weighted by Gasteiger charge is 2.45. The molecule has 1 saturated carbocycles. The van der Waals surface area contributed by atoms with Gasteiger partial charge in [-0.25, -0.2) is 0 Å². The molecule has 4 amide bonds. The Morgan fingerprint density at radius 1 is 0.846 bits per heavy atom. The monoisotopic (exact) mass is 705 g/mol. The first-order chi connectivity index (χ1) is 25.3. The predicted octanol–water partition coefficient (Wildman–Crippen LogP) is 2.20. The molecule has 1 aromatic heterocycles. The van der Waals surface area contributed by atoms with Crippen LogP contribution in [0, 0.1) is 5.92 Å². The van der Waals surface area contributed by atoms with Gasteiger partial charge >= 0.3 is 0 Å². The Kier molecular flexibility index (Phi) is 8.30. The Balaban J connectivity index is 0.736.